The molecule has 0 atom stereocenters. The fourth-order valence-corrected chi connectivity index (χ4v) is 4.43. The standard InChI is InChI=1S/C28H26N4O3/c1-33-22-12-13-24-23(16-22)31-27(32(24)26-14-10-19(17-29)18-30-26)15-11-20-6-5-9-25(34-2)28(20)35-21-7-3-4-8-21/h5-6,9-16,18,21H,3-4,7-8H2,1-2H3/b15-11+. The molecule has 4 aromatic rings. The topological polar surface area (TPSA) is 82.2 Å². The van der Waals surface area contributed by atoms with Gasteiger partial charge in [-0.25, -0.2) is 9.97 Å². The Hall–Kier alpha value is -4.31. The third-order valence-corrected chi connectivity index (χ3v) is 6.22. The van der Waals surface area contributed by atoms with Gasteiger partial charge < -0.3 is 14.2 Å². The molecule has 5 rings (SSSR count). The Bertz CT molecular complexity index is 1410. The van der Waals surface area contributed by atoms with Crippen molar-refractivity contribution in [3.63, 3.8) is 0 Å². The molecule has 1 aliphatic rings. The SMILES string of the molecule is COc1ccc2c(c1)nc(/C=C/c1cccc(OC)c1OC1CCCC1)n2-c1ccc(C#N)cn1. The van der Waals surface area contributed by atoms with Crippen LogP contribution in [0.4, 0.5) is 0 Å². The van der Waals surface area contributed by atoms with Crippen LogP contribution in [0.3, 0.4) is 0 Å². The summed E-state index contributed by atoms with van der Waals surface area (Å²) in [6.45, 7) is 0. The molecule has 0 saturated heterocycles. The molecular formula is C28H26N4O3. The Balaban J connectivity index is 1.59. The monoisotopic (exact) mass is 466 g/mol. The summed E-state index contributed by atoms with van der Waals surface area (Å²) in [4.78, 5) is 9.35. The maximum Gasteiger partial charge on any atom is 0.168 e. The lowest BCUT2D eigenvalue weighted by Gasteiger charge is -2.18. The average molecular weight is 467 g/mol. The summed E-state index contributed by atoms with van der Waals surface area (Å²) in [5, 5.41) is 9.17. The van der Waals surface area contributed by atoms with E-state index in [1.807, 2.05) is 59.2 Å². The number of benzene rings is 2. The van der Waals surface area contributed by atoms with Crippen molar-refractivity contribution in [2.24, 2.45) is 0 Å². The number of pyridine rings is 1. The lowest BCUT2D eigenvalue weighted by molar-refractivity contribution is 0.200. The van der Waals surface area contributed by atoms with Crippen LogP contribution in [0.15, 0.2) is 54.7 Å². The second-order valence-electron chi connectivity index (χ2n) is 8.41. The molecule has 2 aromatic carbocycles. The predicted molar refractivity (Wildman–Crippen MR) is 135 cm³/mol. The molecular weight excluding hydrogens is 440 g/mol. The van der Waals surface area contributed by atoms with Gasteiger partial charge in [0.15, 0.2) is 11.5 Å². The third-order valence-electron chi connectivity index (χ3n) is 6.22. The molecule has 0 unspecified atom stereocenters. The van der Waals surface area contributed by atoms with Gasteiger partial charge in [-0.15, -0.1) is 0 Å². The largest absolute Gasteiger partial charge is 0.497 e. The summed E-state index contributed by atoms with van der Waals surface area (Å²) in [6, 6.07) is 17.3. The summed E-state index contributed by atoms with van der Waals surface area (Å²) in [5.74, 6) is 3.56. The number of methoxy groups -OCH3 is 2. The van der Waals surface area contributed by atoms with Crippen molar-refractivity contribution in [3.8, 4) is 29.1 Å². The summed E-state index contributed by atoms with van der Waals surface area (Å²) in [6.07, 6.45) is 10.2. The quantitative estimate of drug-likeness (QED) is 0.342. The first kappa shape index (κ1) is 22.5. The second-order valence-corrected chi connectivity index (χ2v) is 8.41. The molecule has 0 spiro atoms. The van der Waals surface area contributed by atoms with Gasteiger partial charge in [-0.05, 0) is 68.2 Å². The Kier molecular flexibility index (Phi) is 6.36. The minimum absolute atomic E-state index is 0.207. The van der Waals surface area contributed by atoms with Crippen LogP contribution in [0, 0.1) is 11.3 Å². The van der Waals surface area contributed by atoms with Gasteiger partial charge in [0.1, 0.15) is 23.5 Å². The second kappa shape index (κ2) is 9.90. The zero-order chi connectivity index (χ0) is 24.2. The van der Waals surface area contributed by atoms with Gasteiger partial charge in [-0.1, -0.05) is 12.1 Å². The number of nitrogens with zero attached hydrogens (tertiary/aromatic N) is 4. The molecule has 35 heavy (non-hydrogen) atoms. The molecule has 1 fully saturated rings. The number of aromatic nitrogens is 3. The molecule has 0 aliphatic heterocycles. The molecule has 1 aliphatic carbocycles. The van der Waals surface area contributed by atoms with Crippen molar-refractivity contribution in [2.45, 2.75) is 31.8 Å². The lowest BCUT2D eigenvalue weighted by atomic mass is 10.1. The van der Waals surface area contributed by atoms with Crippen LogP contribution < -0.4 is 14.2 Å². The number of fused-ring (bicyclic) bond motifs is 1. The Morgan fingerprint density at radius 3 is 2.60 bits per heavy atom. The van der Waals surface area contributed by atoms with E-state index in [0.29, 0.717) is 23.0 Å². The van der Waals surface area contributed by atoms with Crippen molar-refractivity contribution in [1.29, 1.82) is 5.26 Å². The van der Waals surface area contributed by atoms with E-state index in [0.717, 1.165) is 40.9 Å². The highest BCUT2D eigenvalue weighted by atomic mass is 16.5. The first-order valence-corrected chi connectivity index (χ1v) is 11.6. The molecule has 176 valence electrons. The van der Waals surface area contributed by atoms with Gasteiger partial charge in [0, 0.05) is 17.8 Å². The summed E-state index contributed by atoms with van der Waals surface area (Å²) in [5.41, 5.74) is 3.08. The van der Waals surface area contributed by atoms with Crippen molar-refractivity contribution in [1.82, 2.24) is 14.5 Å². The van der Waals surface area contributed by atoms with Crippen LogP contribution >= 0.6 is 0 Å². The van der Waals surface area contributed by atoms with Crippen LogP contribution in [-0.2, 0) is 0 Å². The van der Waals surface area contributed by atoms with E-state index in [2.05, 4.69) is 11.1 Å². The molecule has 2 aromatic heterocycles. The van der Waals surface area contributed by atoms with E-state index in [1.165, 1.54) is 12.8 Å². The van der Waals surface area contributed by atoms with Gasteiger partial charge in [-0.3, -0.25) is 4.57 Å². The van der Waals surface area contributed by atoms with Crippen LogP contribution in [0.5, 0.6) is 17.2 Å². The zero-order valence-electron chi connectivity index (χ0n) is 19.8. The normalized spacial score (nSPS) is 13.9. The minimum atomic E-state index is 0.207. The predicted octanol–water partition coefficient (Wildman–Crippen LogP) is 5.80. The summed E-state index contributed by atoms with van der Waals surface area (Å²) < 4.78 is 19.3. The first-order valence-electron chi connectivity index (χ1n) is 11.6. The fourth-order valence-electron chi connectivity index (χ4n) is 4.43. The zero-order valence-corrected chi connectivity index (χ0v) is 19.8. The molecule has 2 heterocycles. The van der Waals surface area contributed by atoms with Crippen molar-refractivity contribution >= 4 is 23.2 Å². The maximum atomic E-state index is 9.17. The number of imidazole rings is 1. The van der Waals surface area contributed by atoms with E-state index < -0.39 is 0 Å². The van der Waals surface area contributed by atoms with Gasteiger partial charge in [0.25, 0.3) is 0 Å². The minimum Gasteiger partial charge on any atom is -0.497 e. The molecule has 0 radical (unpaired) electrons. The number of para-hydroxylation sites is 1. The number of nitriles is 1. The number of hydrogen-bond acceptors (Lipinski definition) is 6. The Morgan fingerprint density at radius 2 is 1.89 bits per heavy atom. The molecule has 7 heteroatoms. The Labute approximate surface area is 204 Å². The maximum absolute atomic E-state index is 9.17. The molecule has 0 amide bonds. The van der Waals surface area contributed by atoms with Crippen LogP contribution in [-0.4, -0.2) is 34.9 Å². The van der Waals surface area contributed by atoms with Crippen LogP contribution in [0.25, 0.3) is 29.0 Å². The Morgan fingerprint density at radius 1 is 1.03 bits per heavy atom. The third kappa shape index (κ3) is 4.56. The molecule has 1 saturated carbocycles. The van der Waals surface area contributed by atoms with Gasteiger partial charge in [0.05, 0.1) is 36.9 Å². The lowest BCUT2D eigenvalue weighted by Crippen LogP contribution is -2.12. The van der Waals surface area contributed by atoms with Gasteiger partial charge in [0.2, 0.25) is 0 Å². The smallest absolute Gasteiger partial charge is 0.168 e. The highest BCUT2D eigenvalue weighted by Gasteiger charge is 2.20. The van der Waals surface area contributed by atoms with E-state index in [1.54, 1.807) is 26.5 Å². The fraction of sp³-hybridized carbons (Fsp3) is 0.250. The van der Waals surface area contributed by atoms with Gasteiger partial charge >= 0.3 is 0 Å². The van der Waals surface area contributed by atoms with Crippen molar-refractivity contribution < 1.29 is 14.2 Å². The summed E-state index contributed by atoms with van der Waals surface area (Å²) >= 11 is 0. The summed E-state index contributed by atoms with van der Waals surface area (Å²) in [7, 11) is 3.30. The van der Waals surface area contributed by atoms with Crippen molar-refractivity contribution in [3.05, 3.63) is 71.7 Å². The van der Waals surface area contributed by atoms with Crippen LogP contribution in [0.1, 0.15) is 42.6 Å². The van der Waals surface area contributed by atoms with Crippen molar-refractivity contribution in [2.75, 3.05) is 14.2 Å². The highest BCUT2D eigenvalue weighted by Crippen LogP contribution is 2.36. The van der Waals surface area contributed by atoms with E-state index in [9.17, 15) is 0 Å². The number of rotatable bonds is 7. The number of ether oxygens (including phenoxy) is 3. The van der Waals surface area contributed by atoms with Crippen LogP contribution in [0.2, 0.25) is 0 Å². The first-order chi connectivity index (χ1) is 17.2. The van der Waals surface area contributed by atoms with E-state index in [-0.39, 0.29) is 6.10 Å². The average Bonchev–Trinajstić information content (AvgIpc) is 3.55. The van der Waals surface area contributed by atoms with E-state index in [4.69, 9.17) is 24.5 Å². The molecule has 0 N–H and O–H groups in total. The van der Waals surface area contributed by atoms with E-state index >= 15 is 0 Å². The number of hydrogen-bond donors (Lipinski definition) is 0. The highest BCUT2D eigenvalue weighted by molar-refractivity contribution is 5.83. The molecule has 0 bridgehead atoms. The molecule has 7 nitrogen and oxygen atoms in total. The van der Waals surface area contributed by atoms with Gasteiger partial charge in [-0.2, -0.15) is 5.26 Å².